The monoisotopic (exact) mass is 168 g/mol. The fraction of sp³-hybridized carbons (Fsp3) is 0.500. The molecule has 3 heteroatoms. The number of rotatable bonds is 1. The maximum Gasteiger partial charge on any atom is 0.0455 e. The summed E-state index contributed by atoms with van der Waals surface area (Å²) in [6.45, 7) is 1.79. The van der Waals surface area contributed by atoms with Crippen LogP contribution >= 0.6 is 11.3 Å². The topological polar surface area (TPSA) is 38.0 Å². The van der Waals surface area contributed by atoms with Crippen molar-refractivity contribution < 1.29 is 0 Å². The standard InChI is InChI=1S/C8H12N2S/c9-5-7-6-2-4-11-8(6)1-3-10-7/h2,4,7,10H,1,3,5,9H2. The number of fused-ring (bicyclic) bond motifs is 1. The molecule has 0 aliphatic carbocycles. The van der Waals surface area contributed by atoms with Gasteiger partial charge in [-0.05, 0) is 23.4 Å². The minimum absolute atomic E-state index is 0.407. The summed E-state index contributed by atoms with van der Waals surface area (Å²) in [6, 6.07) is 2.59. The van der Waals surface area contributed by atoms with E-state index in [0.717, 1.165) is 6.54 Å². The van der Waals surface area contributed by atoms with Gasteiger partial charge >= 0.3 is 0 Å². The Hall–Kier alpha value is -0.380. The summed E-state index contributed by atoms with van der Waals surface area (Å²) in [5, 5.41) is 5.55. The molecule has 3 N–H and O–H groups in total. The van der Waals surface area contributed by atoms with Gasteiger partial charge in [-0.1, -0.05) is 0 Å². The predicted octanol–water partition coefficient (Wildman–Crippen LogP) is 0.894. The third-order valence-corrected chi connectivity index (χ3v) is 3.13. The van der Waals surface area contributed by atoms with Crippen LogP contribution in [-0.2, 0) is 6.42 Å². The second-order valence-electron chi connectivity index (χ2n) is 2.79. The van der Waals surface area contributed by atoms with Crippen molar-refractivity contribution in [2.45, 2.75) is 12.5 Å². The molecule has 2 nitrogen and oxygen atoms in total. The molecule has 0 bridgehead atoms. The van der Waals surface area contributed by atoms with Crippen LogP contribution in [0.1, 0.15) is 16.5 Å². The van der Waals surface area contributed by atoms with Gasteiger partial charge in [0, 0.05) is 24.0 Å². The first kappa shape index (κ1) is 7.28. The van der Waals surface area contributed by atoms with E-state index in [1.54, 1.807) is 0 Å². The van der Waals surface area contributed by atoms with Gasteiger partial charge < -0.3 is 11.1 Å². The second kappa shape index (κ2) is 2.93. The summed E-state index contributed by atoms with van der Waals surface area (Å²) >= 11 is 1.85. The van der Waals surface area contributed by atoms with Crippen LogP contribution in [0.4, 0.5) is 0 Å². The molecule has 1 aliphatic heterocycles. The van der Waals surface area contributed by atoms with E-state index < -0.39 is 0 Å². The Balaban J connectivity index is 2.32. The Morgan fingerprint density at radius 1 is 1.73 bits per heavy atom. The molecule has 1 aromatic rings. The molecule has 1 aromatic heterocycles. The first-order valence-corrected chi connectivity index (χ1v) is 4.79. The van der Waals surface area contributed by atoms with Crippen LogP contribution in [0.2, 0.25) is 0 Å². The minimum atomic E-state index is 0.407. The molecule has 0 radical (unpaired) electrons. The van der Waals surface area contributed by atoms with Crippen LogP contribution < -0.4 is 11.1 Å². The highest BCUT2D eigenvalue weighted by Crippen LogP contribution is 2.26. The van der Waals surface area contributed by atoms with Gasteiger partial charge in [-0.3, -0.25) is 0 Å². The Labute approximate surface area is 70.4 Å². The zero-order valence-electron chi connectivity index (χ0n) is 6.34. The molecule has 11 heavy (non-hydrogen) atoms. The van der Waals surface area contributed by atoms with Gasteiger partial charge in [0.15, 0.2) is 0 Å². The van der Waals surface area contributed by atoms with E-state index in [1.165, 1.54) is 16.9 Å². The van der Waals surface area contributed by atoms with E-state index in [9.17, 15) is 0 Å². The lowest BCUT2D eigenvalue weighted by Crippen LogP contribution is -2.33. The van der Waals surface area contributed by atoms with Gasteiger partial charge in [-0.2, -0.15) is 0 Å². The van der Waals surface area contributed by atoms with Crippen LogP contribution in [-0.4, -0.2) is 13.1 Å². The van der Waals surface area contributed by atoms with Crippen LogP contribution in [0.3, 0.4) is 0 Å². The largest absolute Gasteiger partial charge is 0.329 e. The van der Waals surface area contributed by atoms with Crippen molar-refractivity contribution >= 4 is 11.3 Å². The van der Waals surface area contributed by atoms with Crippen molar-refractivity contribution in [1.82, 2.24) is 5.32 Å². The molecule has 0 saturated heterocycles. The lowest BCUT2D eigenvalue weighted by Gasteiger charge is -2.22. The van der Waals surface area contributed by atoms with Crippen molar-refractivity contribution in [3.8, 4) is 0 Å². The van der Waals surface area contributed by atoms with Crippen LogP contribution in [0.25, 0.3) is 0 Å². The van der Waals surface area contributed by atoms with Crippen LogP contribution in [0.15, 0.2) is 11.4 Å². The molecule has 0 amide bonds. The Morgan fingerprint density at radius 3 is 3.45 bits per heavy atom. The third kappa shape index (κ3) is 1.20. The van der Waals surface area contributed by atoms with Crippen molar-refractivity contribution in [3.63, 3.8) is 0 Å². The van der Waals surface area contributed by atoms with E-state index in [2.05, 4.69) is 16.8 Å². The van der Waals surface area contributed by atoms with Gasteiger partial charge in [-0.15, -0.1) is 11.3 Å². The molecule has 0 aromatic carbocycles. The van der Waals surface area contributed by atoms with Gasteiger partial charge in [-0.25, -0.2) is 0 Å². The third-order valence-electron chi connectivity index (χ3n) is 2.13. The van der Waals surface area contributed by atoms with E-state index in [4.69, 9.17) is 5.73 Å². The number of thiophene rings is 1. The van der Waals surface area contributed by atoms with E-state index in [-0.39, 0.29) is 0 Å². The summed E-state index contributed by atoms with van der Waals surface area (Å²) in [6.07, 6.45) is 1.17. The fourth-order valence-corrected chi connectivity index (χ4v) is 2.49. The number of nitrogens with two attached hydrogens (primary N) is 1. The van der Waals surface area contributed by atoms with Gasteiger partial charge in [0.1, 0.15) is 0 Å². The lowest BCUT2D eigenvalue weighted by atomic mass is 10.0. The Bertz CT molecular complexity index is 244. The average molecular weight is 168 g/mol. The number of hydrogen-bond donors (Lipinski definition) is 2. The van der Waals surface area contributed by atoms with Crippen LogP contribution in [0.5, 0.6) is 0 Å². The van der Waals surface area contributed by atoms with Crippen molar-refractivity contribution in [1.29, 1.82) is 0 Å². The van der Waals surface area contributed by atoms with E-state index in [1.807, 2.05) is 11.3 Å². The van der Waals surface area contributed by atoms with Gasteiger partial charge in [0.25, 0.3) is 0 Å². The summed E-state index contributed by atoms with van der Waals surface area (Å²) < 4.78 is 0. The quantitative estimate of drug-likeness (QED) is 0.653. The maximum atomic E-state index is 5.62. The van der Waals surface area contributed by atoms with E-state index >= 15 is 0 Å². The van der Waals surface area contributed by atoms with Crippen molar-refractivity contribution in [2.75, 3.05) is 13.1 Å². The molecular weight excluding hydrogens is 156 g/mol. The number of hydrogen-bond acceptors (Lipinski definition) is 3. The summed E-state index contributed by atoms with van der Waals surface area (Å²) in [5.74, 6) is 0. The minimum Gasteiger partial charge on any atom is -0.329 e. The van der Waals surface area contributed by atoms with Gasteiger partial charge in [0.05, 0.1) is 0 Å². The Morgan fingerprint density at radius 2 is 2.64 bits per heavy atom. The predicted molar refractivity (Wildman–Crippen MR) is 47.8 cm³/mol. The highest BCUT2D eigenvalue weighted by atomic mass is 32.1. The van der Waals surface area contributed by atoms with Crippen LogP contribution in [0, 0.1) is 0 Å². The molecule has 0 fully saturated rings. The normalized spacial score (nSPS) is 23.2. The zero-order chi connectivity index (χ0) is 7.68. The molecule has 60 valence electrons. The molecule has 0 spiro atoms. The smallest absolute Gasteiger partial charge is 0.0455 e. The second-order valence-corrected chi connectivity index (χ2v) is 3.79. The van der Waals surface area contributed by atoms with Crippen molar-refractivity contribution in [3.05, 3.63) is 21.9 Å². The average Bonchev–Trinajstić information content (AvgIpc) is 2.50. The first-order valence-electron chi connectivity index (χ1n) is 3.91. The highest BCUT2D eigenvalue weighted by Gasteiger charge is 2.18. The fourth-order valence-electron chi connectivity index (χ4n) is 1.54. The lowest BCUT2D eigenvalue weighted by molar-refractivity contribution is 0.518. The molecule has 0 saturated carbocycles. The molecule has 1 atom stereocenters. The summed E-state index contributed by atoms with van der Waals surface area (Å²) in [5.41, 5.74) is 7.04. The SMILES string of the molecule is NCC1NCCc2sccc21. The van der Waals surface area contributed by atoms with E-state index in [0.29, 0.717) is 12.6 Å². The summed E-state index contributed by atoms with van der Waals surface area (Å²) in [4.78, 5) is 1.51. The van der Waals surface area contributed by atoms with Crippen molar-refractivity contribution in [2.24, 2.45) is 5.73 Å². The highest BCUT2D eigenvalue weighted by molar-refractivity contribution is 7.10. The summed E-state index contributed by atoms with van der Waals surface area (Å²) in [7, 11) is 0. The molecular formula is C8H12N2S. The molecule has 2 rings (SSSR count). The number of nitrogens with one attached hydrogen (secondary N) is 1. The molecule has 1 unspecified atom stereocenters. The Kier molecular flexibility index (Phi) is 1.94. The molecule has 2 heterocycles. The first-order chi connectivity index (χ1) is 5.42. The van der Waals surface area contributed by atoms with Gasteiger partial charge in [0.2, 0.25) is 0 Å². The zero-order valence-corrected chi connectivity index (χ0v) is 7.16. The molecule has 1 aliphatic rings. The maximum absolute atomic E-state index is 5.62.